The molecule has 1 heterocycles. The second kappa shape index (κ2) is 6.13. The molecular weight excluding hydrogens is 245 g/mol. The molecule has 4 heteroatoms. The van der Waals surface area contributed by atoms with Crippen LogP contribution < -0.4 is 0 Å². The zero-order valence-electron chi connectivity index (χ0n) is 11.5. The van der Waals surface area contributed by atoms with Crippen molar-refractivity contribution in [1.82, 2.24) is 4.98 Å². The van der Waals surface area contributed by atoms with Crippen LogP contribution in [-0.2, 0) is 16.0 Å². The highest BCUT2D eigenvalue weighted by Gasteiger charge is 2.27. The zero-order chi connectivity index (χ0) is 13.8. The van der Waals surface area contributed by atoms with Crippen LogP contribution in [0.3, 0.4) is 0 Å². The summed E-state index contributed by atoms with van der Waals surface area (Å²) < 4.78 is 18.4. The van der Waals surface area contributed by atoms with Gasteiger partial charge >= 0.3 is 5.97 Å². The summed E-state index contributed by atoms with van der Waals surface area (Å²) in [6.07, 6.45) is 5.65. The van der Waals surface area contributed by atoms with Gasteiger partial charge in [-0.2, -0.15) is 0 Å². The third-order valence-corrected chi connectivity index (χ3v) is 3.96. The van der Waals surface area contributed by atoms with Crippen molar-refractivity contribution in [3.05, 3.63) is 29.3 Å². The van der Waals surface area contributed by atoms with Crippen molar-refractivity contribution in [2.45, 2.75) is 39.0 Å². The van der Waals surface area contributed by atoms with E-state index in [9.17, 15) is 9.18 Å². The molecule has 0 aromatic carbocycles. The number of pyridine rings is 1. The molecule has 19 heavy (non-hydrogen) atoms. The monoisotopic (exact) mass is 265 g/mol. The Bertz CT molecular complexity index is 453. The molecule has 0 unspecified atom stereocenters. The van der Waals surface area contributed by atoms with Gasteiger partial charge in [0.15, 0.2) is 0 Å². The maximum atomic E-state index is 13.6. The first-order chi connectivity index (χ1) is 9.10. The van der Waals surface area contributed by atoms with Gasteiger partial charge in [-0.05, 0) is 56.6 Å². The van der Waals surface area contributed by atoms with E-state index in [0.29, 0.717) is 5.92 Å². The summed E-state index contributed by atoms with van der Waals surface area (Å²) in [5.41, 5.74) is 1.59. The fraction of sp³-hybridized carbons (Fsp3) is 0.600. The number of carbonyl (C=O) groups is 1. The lowest BCUT2D eigenvalue weighted by Crippen LogP contribution is -2.23. The number of methoxy groups -OCH3 is 1. The molecule has 0 N–H and O–H groups in total. The second-order valence-electron chi connectivity index (χ2n) is 5.36. The molecule has 1 aromatic heterocycles. The number of esters is 1. The highest BCUT2D eigenvalue weighted by molar-refractivity contribution is 5.72. The largest absolute Gasteiger partial charge is 0.469 e. The van der Waals surface area contributed by atoms with Crippen LogP contribution in [0, 0.1) is 24.6 Å². The van der Waals surface area contributed by atoms with Crippen molar-refractivity contribution >= 4 is 5.97 Å². The molecule has 1 aromatic rings. The first-order valence-electron chi connectivity index (χ1n) is 6.79. The number of carbonyl (C=O) groups excluding carboxylic acids is 1. The maximum absolute atomic E-state index is 13.6. The van der Waals surface area contributed by atoms with Crippen molar-refractivity contribution in [3.8, 4) is 0 Å². The summed E-state index contributed by atoms with van der Waals surface area (Å²) in [6.45, 7) is 1.87. The lowest BCUT2D eigenvalue weighted by molar-refractivity contribution is -0.146. The van der Waals surface area contributed by atoms with Crippen molar-refractivity contribution in [3.63, 3.8) is 0 Å². The van der Waals surface area contributed by atoms with Crippen molar-refractivity contribution in [1.29, 1.82) is 0 Å². The zero-order valence-corrected chi connectivity index (χ0v) is 11.5. The molecule has 104 valence electrons. The lowest BCUT2D eigenvalue weighted by Gasteiger charge is -2.27. The predicted octanol–water partition coefficient (Wildman–Crippen LogP) is 3.05. The van der Waals surface area contributed by atoms with Crippen LogP contribution in [-0.4, -0.2) is 18.1 Å². The second-order valence-corrected chi connectivity index (χ2v) is 5.36. The van der Waals surface area contributed by atoms with E-state index in [-0.39, 0.29) is 17.7 Å². The van der Waals surface area contributed by atoms with Crippen LogP contribution in [0.15, 0.2) is 12.3 Å². The molecule has 2 rings (SSSR count). The van der Waals surface area contributed by atoms with E-state index in [1.165, 1.54) is 13.3 Å². The fourth-order valence-corrected chi connectivity index (χ4v) is 2.84. The maximum Gasteiger partial charge on any atom is 0.308 e. The highest BCUT2D eigenvalue weighted by atomic mass is 19.1. The van der Waals surface area contributed by atoms with Gasteiger partial charge in [-0.25, -0.2) is 4.39 Å². The van der Waals surface area contributed by atoms with Crippen LogP contribution in [0.4, 0.5) is 4.39 Å². The normalized spacial score (nSPS) is 23.1. The summed E-state index contributed by atoms with van der Waals surface area (Å²) in [4.78, 5) is 15.4. The Morgan fingerprint density at radius 1 is 1.42 bits per heavy atom. The molecule has 0 amide bonds. The molecule has 0 spiro atoms. The standard InChI is InChI=1S/C15H20FNO2/c1-10-7-13(14(16)9-17-10)8-11-3-5-12(6-4-11)15(18)19-2/h7,9,11-12H,3-6,8H2,1-2H3. The Labute approximate surface area is 113 Å². The van der Waals surface area contributed by atoms with E-state index in [0.717, 1.165) is 43.4 Å². The number of aromatic nitrogens is 1. The third-order valence-electron chi connectivity index (χ3n) is 3.96. The van der Waals surface area contributed by atoms with Gasteiger partial charge in [-0.3, -0.25) is 9.78 Å². The number of ether oxygens (including phenoxy) is 1. The molecular formula is C15H20FNO2. The van der Waals surface area contributed by atoms with Crippen LogP contribution in [0.2, 0.25) is 0 Å². The molecule has 1 aliphatic carbocycles. The van der Waals surface area contributed by atoms with Crippen LogP contribution in [0.5, 0.6) is 0 Å². The van der Waals surface area contributed by atoms with Gasteiger partial charge in [-0.1, -0.05) is 0 Å². The summed E-state index contributed by atoms with van der Waals surface area (Å²) in [7, 11) is 1.43. The Morgan fingerprint density at radius 2 is 2.11 bits per heavy atom. The number of halogens is 1. The minimum atomic E-state index is -0.222. The summed E-state index contributed by atoms with van der Waals surface area (Å²) in [5.74, 6) is 0.160. The minimum absolute atomic E-state index is 0.0327. The highest BCUT2D eigenvalue weighted by Crippen LogP contribution is 2.32. The summed E-state index contributed by atoms with van der Waals surface area (Å²) >= 11 is 0. The summed E-state index contributed by atoms with van der Waals surface area (Å²) in [5, 5.41) is 0. The average Bonchev–Trinajstić information content (AvgIpc) is 2.43. The fourth-order valence-electron chi connectivity index (χ4n) is 2.84. The van der Waals surface area contributed by atoms with Crippen LogP contribution in [0.25, 0.3) is 0 Å². The number of hydrogen-bond acceptors (Lipinski definition) is 3. The van der Waals surface area contributed by atoms with Crippen molar-refractivity contribution in [2.24, 2.45) is 11.8 Å². The minimum Gasteiger partial charge on any atom is -0.469 e. The first-order valence-corrected chi connectivity index (χ1v) is 6.79. The topological polar surface area (TPSA) is 39.2 Å². The number of rotatable bonds is 3. The Balaban J connectivity index is 1.92. The Morgan fingerprint density at radius 3 is 2.74 bits per heavy atom. The quantitative estimate of drug-likeness (QED) is 0.788. The molecule has 1 fully saturated rings. The number of nitrogens with zero attached hydrogens (tertiary/aromatic N) is 1. The van der Waals surface area contributed by atoms with Crippen molar-refractivity contribution in [2.75, 3.05) is 7.11 Å². The number of hydrogen-bond donors (Lipinski definition) is 0. The molecule has 1 aliphatic rings. The first kappa shape index (κ1) is 14.0. The van der Waals surface area contributed by atoms with Crippen molar-refractivity contribution < 1.29 is 13.9 Å². The van der Waals surface area contributed by atoms with Gasteiger partial charge in [-0.15, -0.1) is 0 Å². The molecule has 3 nitrogen and oxygen atoms in total. The summed E-state index contributed by atoms with van der Waals surface area (Å²) in [6, 6.07) is 1.82. The van der Waals surface area contributed by atoms with Gasteiger partial charge in [0.05, 0.1) is 19.2 Å². The Hall–Kier alpha value is -1.45. The SMILES string of the molecule is COC(=O)C1CCC(Cc2cc(C)ncc2F)CC1. The van der Waals surface area contributed by atoms with E-state index in [1.807, 2.05) is 13.0 Å². The van der Waals surface area contributed by atoms with E-state index in [4.69, 9.17) is 4.74 Å². The number of aryl methyl sites for hydroxylation is 1. The molecule has 0 radical (unpaired) electrons. The van der Waals surface area contributed by atoms with E-state index < -0.39 is 0 Å². The molecule has 0 aliphatic heterocycles. The predicted molar refractivity (Wildman–Crippen MR) is 70.1 cm³/mol. The Kier molecular flexibility index (Phi) is 4.51. The third kappa shape index (κ3) is 3.52. The molecule has 0 atom stereocenters. The lowest BCUT2D eigenvalue weighted by atomic mass is 9.79. The van der Waals surface area contributed by atoms with Gasteiger partial charge in [0.2, 0.25) is 0 Å². The molecule has 0 bridgehead atoms. The van der Waals surface area contributed by atoms with Gasteiger partial charge in [0.25, 0.3) is 0 Å². The molecule has 1 saturated carbocycles. The van der Waals surface area contributed by atoms with Gasteiger partial charge in [0, 0.05) is 5.69 Å². The van der Waals surface area contributed by atoms with Gasteiger partial charge in [0.1, 0.15) is 5.82 Å². The van der Waals surface area contributed by atoms with Crippen LogP contribution >= 0.6 is 0 Å². The van der Waals surface area contributed by atoms with Crippen LogP contribution in [0.1, 0.15) is 36.9 Å². The smallest absolute Gasteiger partial charge is 0.308 e. The molecule has 0 saturated heterocycles. The van der Waals surface area contributed by atoms with E-state index in [1.54, 1.807) is 0 Å². The van der Waals surface area contributed by atoms with E-state index in [2.05, 4.69) is 4.98 Å². The average molecular weight is 265 g/mol. The van der Waals surface area contributed by atoms with Gasteiger partial charge < -0.3 is 4.74 Å². The van der Waals surface area contributed by atoms with E-state index >= 15 is 0 Å².